The first-order valence-corrected chi connectivity index (χ1v) is 12.9. The molecule has 2 aromatic carbocycles. The van der Waals surface area contributed by atoms with Crippen molar-refractivity contribution in [2.24, 2.45) is 0 Å². The summed E-state index contributed by atoms with van der Waals surface area (Å²) in [6.07, 6.45) is 4.84. The van der Waals surface area contributed by atoms with E-state index in [9.17, 15) is 13.2 Å². The predicted molar refractivity (Wildman–Crippen MR) is 126 cm³/mol. The molecule has 174 valence electrons. The maximum Gasteiger partial charge on any atom is 0.243 e. The Balaban J connectivity index is 1.41. The number of ether oxygens (including phenoxy) is 1. The lowest BCUT2D eigenvalue weighted by atomic mass is 10.1. The summed E-state index contributed by atoms with van der Waals surface area (Å²) in [5, 5.41) is 2.89. The molecule has 2 aromatic rings. The van der Waals surface area contributed by atoms with Gasteiger partial charge in [0, 0.05) is 26.1 Å². The topological polar surface area (TPSA) is 75.7 Å². The molecular formula is C25H34N2O4S. The zero-order chi connectivity index (χ0) is 23.0. The fraction of sp³-hybridized carbons (Fsp3) is 0.480. The monoisotopic (exact) mass is 458 g/mol. The van der Waals surface area contributed by atoms with Crippen LogP contribution in [-0.2, 0) is 21.4 Å². The summed E-state index contributed by atoms with van der Waals surface area (Å²) in [7, 11) is -3.47. The van der Waals surface area contributed by atoms with Gasteiger partial charge in [0.1, 0.15) is 5.75 Å². The van der Waals surface area contributed by atoms with Gasteiger partial charge in [0.05, 0.1) is 11.5 Å². The minimum absolute atomic E-state index is 0.0407. The largest absolute Gasteiger partial charge is 0.493 e. The second kappa shape index (κ2) is 11.5. The van der Waals surface area contributed by atoms with Gasteiger partial charge in [-0.25, -0.2) is 8.42 Å². The molecule has 0 bridgehead atoms. The molecule has 0 aliphatic carbocycles. The van der Waals surface area contributed by atoms with Crippen LogP contribution in [0.2, 0.25) is 0 Å². The molecule has 3 rings (SSSR count). The number of carbonyl (C=O) groups is 1. The average molecular weight is 459 g/mol. The molecule has 1 heterocycles. The lowest BCUT2D eigenvalue weighted by Crippen LogP contribution is -2.35. The summed E-state index contributed by atoms with van der Waals surface area (Å²) in [6, 6.07) is 13.0. The number of benzene rings is 2. The number of hydrogen-bond donors (Lipinski definition) is 1. The Hall–Kier alpha value is -2.38. The van der Waals surface area contributed by atoms with E-state index in [0.717, 1.165) is 54.5 Å². The van der Waals surface area contributed by atoms with Crippen molar-refractivity contribution in [2.75, 3.05) is 19.7 Å². The van der Waals surface area contributed by atoms with Gasteiger partial charge in [-0.15, -0.1) is 0 Å². The molecular weight excluding hydrogens is 424 g/mol. The van der Waals surface area contributed by atoms with Gasteiger partial charge in [0.25, 0.3) is 0 Å². The van der Waals surface area contributed by atoms with E-state index < -0.39 is 10.0 Å². The lowest BCUT2D eigenvalue weighted by Gasteiger charge is -2.26. The van der Waals surface area contributed by atoms with E-state index in [2.05, 4.69) is 11.4 Å². The molecule has 0 aromatic heterocycles. The zero-order valence-electron chi connectivity index (χ0n) is 19.1. The molecule has 1 N–H and O–H groups in total. The Kier molecular flexibility index (Phi) is 8.70. The molecule has 1 aliphatic heterocycles. The van der Waals surface area contributed by atoms with Crippen LogP contribution in [0.4, 0.5) is 0 Å². The van der Waals surface area contributed by atoms with Crippen LogP contribution in [0.5, 0.6) is 5.75 Å². The van der Waals surface area contributed by atoms with E-state index in [4.69, 9.17) is 4.74 Å². The van der Waals surface area contributed by atoms with Crippen molar-refractivity contribution in [3.05, 3.63) is 59.2 Å². The third-order valence-electron chi connectivity index (χ3n) is 5.74. The molecule has 0 saturated carbocycles. The van der Waals surface area contributed by atoms with Crippen LogP contribution < -0.4 is 10.1 Å². The highest BCUT2D eigenvalue weighted by Crippen LogP contribution is 2.22. The molecule has 1 saturated heterocycles. The van der Waals surface area contributed by atoms with Crippen molar-refractivity contribution in [2.45, 2.75) is 63.8 Å². The van der Waals surface area contributed by atoms with Gasteiger partial charge in [-0.05, 0) is 74.4 Å². The number of hydrogen-bond acceptors (Lipinski definition) is 4. The van der Waals surface area contributed by atoms with Gasteiger partial charge in [0.2, 0.25) is 15.9 Å². The quantitative estimate of drug-likeness (QED) is 0.537. The van der Waals surface area contributed by atoms with Crippen molar-refractivity contribution in [1.29, 1.82) is 0 Å². The predicted octanol–water partition coefficient (Wildman–Crippen LogP) is 4.34. The summed E-state index contributed by atoms with van der Waals surface area (Å²) < 4.78 is 33.1. The molecule has 1 fully saturated rings. The van der Waals surface area contributed by atoms with Gasteiger partial charge < -0.3 is 10.1 Å². The highest BCUT2D eigenvalue weighted by atomic mass is 32.2. The number of amides is 1. The Morgan fingerprint density at radius 1 is 1.03 bits per heavy atom. The molecule has 0 spiro atoms. The second-order valence-corrected chi connectivity index (χ2v) is 10.4. The first-order valence-electron chi connectivity index (χ1n) is 11.4. The van der Waals surface area contributed by atoms with E-state index in [0.29, 0.717) is 37.6 Å². The number of piperidine rings is 1. The van der Waals surface area contributed by atoms with Gasteiger partial charge >= 0.3 is 0 Å². The van der Waals surface area contributed by atoms with Crippen molar-refractivity contribution in [3.63, 3.8) is 0 Å². The third-order valence-corrected chi connectivity index (χ3v) is 7.63. The maximum atomic E-state index is 12.8. The lowest BCUT2D eigenvalue weighted by molar-refractivity contribution is -0.121. The standard InChI is InChI=1S/C25H34N2O4S/c1-20-12-13-21(2)24(17-20)31-16-7-4-11-25(28)26-19-22-9-8-10-23(18-22)32(29,30)27-14-5-3-6-15-27/h8-10,12-13,17-18H,3-7,11,14-16,19H2,1-2H3,(H,26,28). The summed E-state index contributed by atoms with van der Waals surface area (Å²) in [5.41, 5.74) is 3.06. The number of aryl methyl sites for hydroxylation is 2. The minimum atomic E-state index is -3.47. The molecule has 6 nitrogen and oxygen atoms in total. The van der Waals surface area contributed by atoms with Crippen LogP contribution in [-0.4, -0.2) is 38.3 Å². The van der Waals surface area contributed by atoms with Crippen LogP contribution in [0.15, 0.2) is 47.4 Å². The highest BCUT2D eigenvalue weighted by molar-refractivity contribution is 7.89. The molecule has 0 atom stereocenters. The first kappa shape index (κ1) is 24.3. The third kappa shape index (κ3) is 6.81. The Labute approximate surface area is 192 Å². The smallest absolute Gasteiger partial charge is 0.243 e. The number of nitrogens with one attached hydrogen (secondary N) is 1. The SMILES string of the molecule is Cc1ccc(C)c(OCCCCC(=O)NCc2cccc(S(=O)(=O)N3CCCCC3)c2)c1. The van der Waals surface area contributed by atoms with Crippen LogP contribution in [0.3, 0.4) is 0 Å². The van der Waals surface area contributed by atoms with Crippen LogP contribution in [0.1, 0.15) is 55.2 Å². The number of carbonyl (C=O) groups excluding carboxylic acids is 1. The van der Waals surface area contributed by atoms with Gasteiger partial charge in [-0.1, -0.05) is 30.7 Å². The molecule has 0 unspecified atom stereocenters. The van der Waals surface area contributed by atoms with Gasteiger partial charge in [-0.2, -0.15) is 4.31 Å². The van der Waals surface area contributed by atoms with Gasteiger partial charge in [0.15, 0.2) is 0 Å². The fourth-order valence-corrected chi connectivity index (χ4v) is 5.38. The van der Waals surface area contributed by atoms with E-state index in [1.165, 1.54) is 0 Å². The zero-order valence-corrected chi connectivity index (χ0v) is 19.9. The van der Waals surface area contributed by atoms with Crippen molar-refractivity contribution in [1.82, 2.24) is 9.62 Å². The summed E-state index contributed by atoms with van der Waals surface area (Å²) in [4.78, 5) is 12.5. The Morgan fingerprint density at radius 3 is 2.59 bits per heavy atom. The number of rotatable bonds is 10. The highest BCUT2D eigenvalue weighted by Gasteiger charge is 2.25. The van der Waals surface area contributed by atoms with E-state index in [-0.39, 0.29) is 5.91 Å². The summed E-state index contributed by atoms with van der Waals surface area (Å²) in [5.74, 6) is 0.856. The van der Waals surface area contributed by atoms with E-state index in [1.54, 1.807) is 22.5 Å². The average Bonchev–Trinajstić information content (AvgIpc) is 2.80. The number of unbranched alkanes of at least 4 members (excludes halogenated alkanes) is 1. The van der Waals surface area contributed by atoms with Gasteiger partial charge in [-0.3, -0.25) is 4.79 Å². The molecule has 7 heteroatoms. The van der Waals surface area contributed by atoms with Crippen molar-refractivity contribution >= 4 is 15.9 Å². The normalized spacial score (nSPS) is 14.8. The maximum absolute atomic E-state index is 12.8. The molecule has 1 amide bonds. The Morgan fingerprint density at radius 2 is 1.81 bits per heavy atom. The van der Waals surface area contributed by atoms with Crippen LogP contribution in [0, 0.1) is 13.8 Å². The van der Waals surface area contributed by atoms with Crippen molar-refractivity contribution in [3.8, 4) is 5.75 Å². The van der Waals surface area contributed by atoms with Crippen LogP contribution >= 0.6 is 0 Å². The molecule has 0 radical (unpaired) electrons. The molecule has 32 heavy (non-hydrogen) atoms. The van der Waals surface area contributed by atoms with Crippen LogP contribution in [0.25, 0.3) is 0 Å². The Bertz CT molecular complexity index is 1010. The second-order valence-electron chi connectivity index (χ2n) is 8.46. The first-order chi connectivity index (χ1) is 15.4. The van der Waals surface area contributed by atoms with Crippen molar-refractivity contribution < 1.29 is 17.9 Å². The fourth-order valence-electron chi connectivity index (χ4n) is 3.79. The number of sulfonamides is 1. The minimum Gasteiger partial charge on any atom is -0.493 e. The van der Waals surface area contributed by atoms with E-state index in [1.807, 2.05) is 32.0 Å². The van der Waals surface area contributed by atoms with E-state index >= 15 is 0 Å². The summed E-state index contributed by atoms with van der Waals surface area (Å²) in [6.45, 7) is 6.12. The molecule has 1 aliphatic rings. The summed E-state index contributed by atoms with van der Waals surface area (Å²) >= 11 is 0. The number of nitrogens with zero attached hydrogens (tertiary/aromatic N) is 1.